The van der Waals surface area contributed by atoms with E-state index in [2.05, 4.69) is 20.9 Å². The topological polar surface area (TPSA) is 166 Å². The first-order valence-electron chi connectivity index (χ1n) is 11.8. The van der Waals surface area contributed by atoms with E-state index in [1.54, 1.807) is 20.0 Å². The first-order chi connectivity index (χ1) is 16.4. The van der Waals surface area contributed by atoms with Crippen molar-refractivity contribution in [2.45, 2.75) is 71.6 Å². The van der Waals surface area contributed by atoms with Crippen molar-refractivity contribution >= 4 is 34.6 Å². The van der Waals surface area contributed by atoms with Crippen LogP contribution in [0.15, 0.2) is 30.5 Å². The van der Waals surface area contributed by atoms with Gasteiger partial charge in [-0.1, -0.05) is 45.9 Å². The first kappa shape index (κ1) is 27.8. The lowest BCUT2D eigenvalue weighted by molar-refractivity contribution is -0.142. The third-order valence-corrected chi connectivity index (χ3v) is 5.77. The molecule has 1 aromatic heterocycles. The Morgan fingerprint density at radius 1 is 0.943 bits per heavy atom. The Balaban J connectivity index is 2.01. The van der Waals surface area contributed by atoms with E-state index in [0.29, 0.717) is 6.42 Å². The Hall–Kier alpha value is -3.40. The van der Waals surface area contributed by atoms with Crippen molar-refractivity contribution in [2.24, 2.45) is 17.6 Å². The van der Waals surface area contributed by atoms with Gasteiger partial charge < -0.3 is 31.8 Å². The smallest absolute Gasteiger partial charge is 0.326 e. The van der Waals surface area contributed by atoms with E-state index in [4.69, 9.17) is 5.73 Å². The zero-order chi connectivity index (χ0) is 26.3. The highest BCUT2D eigenvalue weighted by Gasteiger charge is 2.30. The maximum Gasteiger partial charge on any atom is 0.326 e. The van der Waals surface area contributed by atoms with Crippen LogP contribution in [0.5, 0.6) is 0 Å². The van der Waals surface area contributed by atoms with Gasteiger partial charge in [0, 0.05) is 23.5 Å². The van der Waals surface area contributed by atoms with Gasteiger partial charge in [0.1, 0.15) is 18.1 Å². The molecule has 0 fully saturated rings. The lowest BCUT2D eigenvalue weighted by atomic mass is 10.00. The number of amides is 3. The number of hydrogen-bond acceptors (Lipinski definition) is 5. The maximum absolute atomic E-state index is 12.8. The molecular weight excluding hydrogens is 450 g/mol. The van der Waals surface area contributed by atoms with Gasteiger partial charge in [-0.25, -0.2) is 4.79 Å². The number of carbonyl (C=O) groups is 4. The number of rotatable bonds is 12. The lowest BCUT2D eigenvalue weighted by Gasteiger charge is -2.26. The molecule has 0 saturated carbocycles. The fraction of sp³-hybridized carbons (Fsp3) is 0.520. The summed E-state index contributed by atoms with van der Waals surface area (Å²) in [6.07, 6.45) is 2.27. The van der Waals surface area contributed by atoms with E-state index in [0.717, 1.165) is 16.5 Å². The summed E-state index contributed by atoms with van der Waals surface area (Å²) in [5.74, 6) is -2.85. The van der Waals surface area contributed by atoms with Crippen LogP contribution in [-0.4, -0.2) is 57.9 Å². The molecule has 2 aromatic rings. The monoisotopic (exact) mass is 487 g/mol. The number of H-pyrrole nitrogens is 1. The van der Waals surface area contributed by atoms with E-state index >= 15 is 0 Å². The highest BCUT2D eigenvalue weighted by atomic mass is 16.4. The van der Waals surface area contributed by atoms with E-state index in [1.165, 1.54) is 6.92 Å². The van der Waals surface area contributed by atoms with Crippen molar-refractivity contribution in [2.75, 3.05) is 0 Å². The molecule has 0 saturated heterocycles. The number of nitrogens with two attached hydrogens (primary N) is 1. The second kappa shape index (κ2) is 12.3. The van der Waals surface area contributed by atoms with Gasteiger partial charge in [0.25, 0.3) is 0 Å². The number of benzene rings is 1. The number of fused-ring (bicyclic) bond motifs is 1. The summed E-state index contributed by atoms with van der Waals surface area (Å²) in [6, 6.07) is 3.64. The van der Waals surface area contributed by atoms with Crippen LogP contribution in [-0.2, 0) is 25.6 Å². The fourth-order valence-electron chi connectivity index (χ4n) is 3.80. The summed E-state index contributed by atoms with van der Waals surface area (Å²) in [6.45, 7) is 8.89. The van der Waals surface area contributed by atoms with Crippen LogP contribution in [0.4, 0.5) is 0 Å². The highest BCUT2D eigenvalue weighted by Crippen LogP contribution is 2.19. The predicted octanol–water partition coefficient (Wildman–Crippen LogP) is 1.30. The molecule has 0 aliphatic rings. The molecule has 0 bridgehead atoms. The molecule has 192 valence electrons. The quantitative estimate of drug-likeness (QED) is 0.264. The number of aromatic amines is 1. The van der Waals surface area contributed by atoms with E-state index in [1.807, 2.05) is 38.1 Å². The number of aromatic nitrogens is 1. The Morgan fingerprint density at radius 3 is 2.20 bits per heavy atom. The molecule has 7 N–H and O–H groups in total. The number of nitrogens with one attached hydrogen (secondary N) is 4. The minimum Gasteiger partial charge on any atom is -0.480 e. The number of aliphatic carboxylic acids is 1. The average Bonchev–Trinajstić information content (AvgIpc) is 3.18. The molecule has 1 aromatic carbocycles. The van der Waals surface area contributed by atoms with Gasteiger partial charge >= 0.3 is 5.97 Å². The standard InChI is InChI=1S/C25H37N5O5/c1-13(2)10-18(26)23(32)30-21(14(3)4)24(33)28-15(5)22(31)29-20(25(34)35)11-16-12-27-19-9-7-6-8-17(16)19/h6-9,12-15,18,20-21,27H,10-11,26H2,1-5H3,(H,28,33)(H,29,31)(H,30,32)(H,34,35). The maximum atomic E-state index is 12.8. The summed E-state index contributed by atoms with van der Waals surface area (Å²) >= 11 is 0. The molecule has 3 amide bonds. The minimum atomic E-state index is -1.19. The van der Waals surface area contributed by atoms with E-state index in [-0.39, 0.29) is 18.3 Å². The van der Waals surface area contributed by atoms with Gasteiger partial charge in [-0.05, 0) is 36.8 Å². The van der Waals surface area contributed by atoms with Crippen LogP contribution in [0, 0.1) is 11.8 Å². The Bertz CT molecular complexity index is 1050. The Kier molecular flexibility index (Phi) is 9.82. The first-order valence-corrected chi connectivity index (χ1v) is 11.8. The van der Waals surface area contributed by atoms with Gasteiger partial charge in [0.15, 0.2) is 0 Å². The van der Waals surface area contributed by atoms with E-state index < -0.39 is 47.9 Å². The van der Waals surface area contributed by atoms with Crippen LogP contribution in [0.25, 0.3) is 10.9 Å². The van der Waals surface area contributed by atoms with Crippen molar-refractivity contribution in [1.29, 1.82) is 0 Å². The molecule has 10 heteroatoms. The average molecular weight is 488 g/mol. The zero-order valence-corrected chi connectivity index (χ0v) is 20.9. The van der Waals surface area contributed by atoms with Crippen LogP contribution < -0.4 is 21.7 Å². The normalized spacial score (nSPS) is 14.9. The van der Waals surface area contributed by atoms with E-state index in [9.17, 15) is 24.3 Å². The van der Waals surface area contributed by atoms with Crippen molar-refractivity contribution in [3.8, 4) is 0 Å². The largest absolute Gasteiger partial charge is 0.480 e. The fourth-order valence-corrected chi connectivity index (χ4v) is 3.80. The van der Waals surface area contributed by atoms with Gasteiger partial charge in [-0.2, -0.15) is 0 Å². The number of carboxylic acids is 1. The summed E-state index contributed by atoms with van der Waals surface area (Å²) in [5, 5.41) is 18.3. The lowest BCUT2D eigenvalue weighted by Crippen LogP contribution is -2.57. The number of hydrogen-bond donors (Lipinski definition) is 6. The van der Waals surface area contributed by atoms with Gasteiger partial charge in [-0.3, -0.25) is 14.4 Å². The minimum absolute atomic E-state index is 0.0736. The van der Waals surface area contributed by atoms with Crippen LogP contribution in [0.2, 0.25) is 0 Å². The zero-order valence-electron chi connectivity index (χ0n) is 20.9. The highest BCUT2D eigenvalue weighted by molar-refractivity contribution is 5.94. The SMILES string of the molecule is CC(C)CC(N)C(=O)NC(C(=O)NC(C)C(=O)NC(Cc1c[nH]c2ccccc12)C(=O)O)C(C)C. The van der Waals surface area contributed by atoms with Crippen LogP contribution >= 0.6 is 0 Å². The van der Waals surface area contributed by atoms with Crippen molar-refractivity contribution in [1.82, 2.24) is 20.9 Å². The molecule has 0 aliphatic heterocycles. The van der Waals surface area contributed by atoms with Crippen molar-refractivity contribution in [3.05, 3.63) is 36.0 Å². The van der Waals surface area contributed by atoms with Gasteiger partial charge in [-0.15, -0.1) is 0 Å². The molecule has 4 unspecified atom stereocenters. The number of carboxylic acid groups (broad SMARTS) is 1. The molecule has 1 heterocycles. The van der Waals surface area contributed by atoms with Gasteiger partial charge in [0.2, 0.25) is 17.7 Å². The predicted molar refractivity (Wildman–Crippen MR) is 133 cm³/mol. The molecular formula is C25H37N5O5. The summed E-state index contributed by atoms with van der Waals surface area (Å²) in [7, 11) is 0. The molecule has 2 rings (SSSR count). The number of carbonyl (C=O) groups excluding carboxylic acids is 3. The van der Waals surface area contributed by atoms with Crippen molar-refractivity contribution < 1.29 is 24.3 Å². The second-order valence-electron chi connectivity index (χ2n) is 9.66. The third-order valence-electron chi connectivity index (χ3n) is 5.77. The van der Waals surface area contributed by atoms with Crippen LogP contribution in [0.1, 0.15) is 46.6 Å². The molecule has 10 nitrogen and oxygen atoms in total. The molecule has 0 spiro atoms. The number of para-hydroxylation sites is 1. The molecule has 0 radical (unpaired) electrons. The molecule has 0 aliphatic carbocycles. The van der Waals surface area contributed by atoms with Gasteiger partial charge in [0.05, 0.1) is 6.04 Å². The third kappa shape index (κ3) is 7.81. The van der Waals surface area contributed by atoms with Crippen molar-refractivity contribution in [3.63, 3.8) is 0 Å². The summed E-state index contributed by atoms with van der Waals surface area (Å²) < 4.78 is 0. The Morgan fingerprint density at radius 2 is 1.60 bits per heavy atom. The Labute approximate surface area is 205 Å². The summed E-state index contributed by atoms with van der Waals surface area (Å²) in [4.78, 5) is 52.9. The molecule has 4 atom stereocenters. The second-order valence-corrected chi connectivity index (χ2v) is 9.66. The van der Waals surface area contributed by atoms with Crippen LogP contribution in [0.3, 0.4) is 0 Å². The summed E-state index contributed by atoms with van der Waals surface area (Å²) in [5.41, 5.74) is 7.55. The molecule has 35 heavy (non-hydrogen) atoms.